The van der Waals surface area contributed by atoms with Crippen LogP contribution in [0.15, 0.2) is 51.0 Å². The highest BCUT2D eigenvalue weighted by Crippen LogP contribution is 2.28. The molecule has 0 fully saturated rings. The fraction of sp³-hybridized carbons (Fsp3) is 0.200. The first-order valence-electron chi connectivity index (χ1n) is 8.56. The van der Waals surface area contributed by atoms with E-state index in [2.05, 4.69) is 27.8 Å². The minimum atomic E-state index is -0.337. The normalized spacial score (nSPS) is 11.2. The molecule has 0 aliphatic carbocycles. The van der Waals surface area contributed by atoms with Crippen LogP contribution in [0.5, 0.6) is 5.75 Å². The van der Waals surface area contributed by atoms with Crippen LogP contribution in [0.2, 0.25) is 0 Å². The molecule has 2 N–H and O–H groups in total. The van der Waals surface area contributed by atoms with E-state index in [1.54, 1.807) is 41.9 Å². The zero-order valence-electron chi connectivity index (χ0n) is 15.0. The maximum Gasteiger partial charge on any atom is 0.336 e. The highest BCUT2D eigenvalue weighted by molar-refractivity contribution is 7.16. The number of hydrogen-bond donors (Lipinski definition) is 1. The molecular formula is C20H19N2O3S2+. The summed E-state index contributed by atoms with van der Waals surface area (Å²) in [6.07, 6.45) is 0. The molecule has 138 valence electrons. The molecule has 0 unspecified atom stereocenters. The standard InChI is InChI=1S/C20H18N2O3S2/c1-12-22-17(11-26-12)19-6-4-15(27-19)10-21-9-13-7-20(23)25-18-8-14(24-2)3-5-16(13)18/h3-8,11,21H,9-10H2,1-2H3/p+1. The van der Waals surface area contributed by atoms with Crippen LogP contribution in [0.3, 0.4) is 0 Å². The molecule has 0 spiro atoms. The zero-order chi connectivity index (χ0) is 18.8. The summed E-state index contributed by atoms with van der Waals surface area (Å²) in [5, 5.41) is 6.31. The van der Waals surface area contributed by atoms with E-state index in [9.17, 15) is 4.79 Å². The van der Waals surface area contributed by atoms with Gasteiger partial charge < -0.3 is 14.5 Å². The Morgan fingerprint density at radius 1 is 1.19 bits per heavy atom. The third-order valence-corrected chi connectivity index (χ3v) is 6.18. The first kappa shape index (κ1) is 17.9. The lowest BCUT2D eigenvalue weighted by Gasteiger charge is -2.06. The minimum absolute atomic E-state index is 0.337. The molecule has 0 radical (unpaired) electrons. The van der Waals surface area contributed by atoms with Crippen molar-refractivity contribution in [2.45, 2.75) is 20.0 Å². The molecule has 0 aliphatic heterocycles. The molecule has 0 saturated carbocycles. The second kappa shape index (κ2) is 7.64. The molecule has 3 heterocycles. The Morgan fingerprint density at radius 3 is 2.85 bits per heavy atom. The van der Waals surface area contributed by atoms with Gasteiger partial charge in [-0.2, -0.15) is 0 Å². The van der Waals surface area contributed by atoms with E-state index in [0.717, 1.165) is 28.2 Å². The van der Waals surface area contributed by atoms with E-state index in [4.69, 9.17) is 9.15 Å². The molecule has 27 heavy (non-hydrogen) atoms. The number of thiophene rings is 1. The molecule has 0 saturated heterocycles. The van der Waals surface area contributed by atoms with Crippen molar-refractivity contribution in [2.75, 3.05) is 7.11 Å². The summed E-state index contributed by atoms with van der Waals surface area (Å²) in [6, 6.07) is 11.4. The SMILES string of the molecule is COc1ccc2c(C[NH2+]Cc3ccc(-c4csc(C)n4)s3)cc(=O)oc2c1. The molecule has 0 atom stereocenters. The predicted octanol–water partition coefficient (Wildman–Crippen LogP) is 3.56. The number of rotatable bonds is 6. The molecule has 4 aromatic rings. The lowest BCUT2D eigenvalue weighted by Crippen LogP contribution is -2.80. The Morgan fingerprint density at radius 2 is 2.07 bits per heavy atom. The van der Waals surface area contributed by atoms with Crippen LogP contribution < -0.4 is 15.7 Å². The van der Waals surface area contributed by atoms with E-state index in [0.29, 0.717) is 17.9 Å². The number of aryl methyl sites for hydroxylation is 1. The van der Waals surface area contributed by atoms with Crippen molar-refractivity contribution in [1.29, 1.82) is 0 Å². The number of benzene rings is 1. The van der Waals surface area contributed by atoms with Crippen molar-refractivity contribution in [1.82, 2.24) is 4.98 Å². The van der Waals surface area contributed by atoms with Crippen molar-refractivity contribution < 1.29 is 14.5 Å². The van der Waals surface area contributed by atoms with Gasteiger partial charge in [0.1, 0.15) is 24.4 Å². The molecule has 0 bridgehead atoms. The van der Waals surface area contributed by atoms with Gasteiger partial charge in [-0.15, -0.1) is 22.7 Å². The predicted molar refractivity (Wildman–Crippen MR) is 109 cm³/mol. The van der Waals surface area contributed by atoms with Crippen LogP contribution in [0.1, 0.15) is 15.4 Å². The molecule has 1 aromatic carbocycles. The number of aromatic nitrogens is 1. The number of thiazole rings is 1. The number of nitrogens with zero attached hydrogens (tertiary/aromatic N) is 1. The molecule has 0 amide bonds. The third-order valence-electron chi connectivity index (χ3n) is 4.28. The van der Waals surface area contributed by atoms with Crippen LogP contribution in [0.25, 0.3) is 21.5 Å². The van der Waals surface area contributed by atoms with Gasteiger partial charge in [-0.25, -0.2) is 9.78 Å². The van der Waals surface area contributed by atoms with Crippen molar-refractivity contribution in [3.05, 3.63) is 67.6 Å². The largest absolute Gasteiger partial charge is 0.497 e. The summed E-state index contributed by atoms with van der Waals surface area (Å²) in [6.45, 7) is 3.58. The summed E-state index contributed by atoms with van der Waals surface area (Å²) < 4.78 is 10.5. The van der Waals surface area contributed by atoms with Crippen molar-refractivity contribution in [3.8, 4) is 16.3 Å². The number of ether oxygens (including phenoxy) is 1. The minimum Gasteiger partial charge on any atom is -0.497 e. The highest BCUT2D eigenvalue weighted by atomic mass is 32.1. The van der Waals surface area contributed by atoms with Gasteiger partial charge in [0.15, 0.2) is 0 Å². The van der Waals surface area contributed by atoms with E-state index >= 15 is 0 Å². The lowest BCUT2D eigenvalue weighted by atomic mass is 10.1. The van der Waals surface area contributed by atoms with Crippen molar-refractivity contribution in [2.24, 2.45) is 0 Å². The number of fused-ring (bicyclic) bond motifs is 1. The van der Waals surface area contributed by atoms with Crippen LogP contribution in [0.4, 0.5) is 0 Å². The Hall–Kier alpha value is -2.48. The third kappa shape index (κ3) is 3.95. The number of quaternary nitrogens is 1. The molecule has 0 aliphatic rings. The number of nitrogens with two attached hydrogens (primary N) is 1. The average Bonchev–Trinajstić information content (AvgIpc) is 3.30. The monoisotopic (exact) mass is 399 g/mol. The first-order chi connectivity index (χ1) is 13.1. The van der Waals surface area contributed by atoms with Gasteiger partial charge in [-0.1, -0.05) is 0 Å². The molecular weight excluding hydrogens is 380 g/mol. The number of hydrogen-bond acceptors (Lipinski definition) is 6. The van der Waals surface area contributed by atoms with E-state index < -0.39 is 0 Å². The zero-order valence-corrected chi connectivity index (χ0v) is 16.7. The smallest absolute Gasteiger partial charge is 0.336 e. The molecule has 7 heteroatoms. The summed E-state index contributed by atoms with van der Waals surface area (Å²) in [5.74, 6) is 0.676. The fourth-order valence-electron chi connectivity index (χ4n) is 2.98. The average molecular weight is 400 g/mol. The molecule has 5 nitrogen and oxygen atoms in total. The Kier molecular flexibility index (Phi) is 5.07. The topological polar surface area (TPSA) is 68.9 Å². The second-order valence-electron chi connectivity index (χ2n) is 6.17. The van der Waals surface area contributed by atoms with Gasteiger partial charge >= 0.3 is 5.63 Å². The van der Waals surface area contributed by atoms with Crippen molar-refractivity contribution in [3.63, 3.8) is 0 Å². The van der Waals surface area contributed by atoms with E-state index in [1.807, 2.05) is 19.1 Å². The van der Waals surface area contributed by atoms with Gasteiger partial charge in [0.25, 0.3) is 0 Å². The van der Waals surface area contributed by atoms with Gasteiger partial charge in [0, 0.05) is 28.5 Å². The molecule has 4 rings (SSSR count). The van der Waals surface area contributed by atoms with Gasteiger partial charge in [0.05, 0.1) is 27.6 Å². The lowest BCUT2D eigenvalue weighted by molar-refractivity contribution is -0.685. The first-order valence-corrected chi connectivity index (χ1v) is 10.3. The van der Waals surface area contributed by atoms with E-state index in [1.165, 1.54) is 9.75 Å². The highest BCUT2D eigenvalue weighted by Gasteiger charge is 2.10. The van der Waals surface area contributed by atoms with Crippen LogP contribution in [0, 0.1) is 6.92 Å². The maximum atomic E-state index is 11.9. The van der Waals surface area contributed by atoms with Crippen molar-refractivity contribution >= 4 is 33.6 Å². The second-order valence-corrected chi connectivity index (χ2v) is 8.40. The van der Waals surface area contributed by atoms with E-state index in [-0.39, 0.29) is 5.63 Å². The number of methoxy groups -OCH3 is 1. The maximum absolute atomic E-state index is 11.9. The van der Waals surface area contributed by atoms with Crippen LogP contribution in [-0.4, -0.2) is 12.1 Å². The Balaban J connectivity index is 1.48. The molecule has 3 aromatic heterocycles. The summed E-state index contributed by atoms with van der Waals surface area (Å²) >= 11 is 3.43. The Bertz CT molecular complexity index is 1140. The van der Waals surface area contributed by atoms with Gasteiger partial charge in [-0.05, 0) is 31.2 Å². The summed E-state index contributed by atoms with van der Waals surface area (Å²) in [4.78, 5) is 18.9. The van der Waals surface area contributed by atoms with Gasteiger partial charge in [0.2, 0.25) is 0 Å². The van der Waals surface area contributed by atoms with Crippen LogP contribution in [-0.2, 0) is 13.1 Å². The summed E-state index contributed by atoms with van der Waals surface area (Å²) in [7, 11) is 1.60. The van der Waals surface area contributed by atoms with Gasteiger partial charge in [-0.3, -0.25) is 0 Å². The quantitative estimate of drug-likeness (QED) is 0.504. The Labute approximate surface area is 164 Å². The summed E-state index contributed by atoms with van der Waals surface area (Å²) in [5.41, 5.74) is 2.24. The van der Waals surface area contributed by atoms with Crippen LogP contribution >= 0.6 is 22.7 Å². The fourth-order valence-corrected chi connectivity index (χ4v) is 4.63.